The Balaban J connectivity index is 2.11. The van der Waals surface area contributed by atoms with Crippen LogP contribution >= 0.6 is 0 Å². The quantitative estimate of drug-likeness (QED) is 0.597. The molecule has 2 aliphatic rings. The van der Waals surface area contributed by atoms with Gasteiger partial charge in [-0.15, -0.1) is 13.0 Å². The lowest BCUT2D eigenvalue weighted by Gasteiger charge is -2.40. The molecule has 3 rings (SSSR count). The minimum Gasteiger partial charge on any atom is -0.330 e. The Morgan fingerprint density at radius 2 is 2.15 bits per heavy atom. The zero-order chi connectivity index (χ0) is 18.9. The number of carbonyl (C=O) groups excluding carboxylic acids is 1. The summed E-state index contributed by atoms with van der Waals surface area (Å²) in [5.74, 6) is 1.30. The molecule has 7 heteroatoms. The molecule has 3 atom stereocenters. The molecule has 1 amide bonds. The van der Waals surface area contributed by atoms with Gasteiger partial charge in [0.15, 0.2) is 0 Å². The van der Waals surface area contributed by atoms with E-state index in [1.807, 2.05) is 0 Å². The highest BCUT2D eigenvalue weighted by Crippen LogP contribution is 2.37. The van der Waals surface area contributed by atoms with Crippen LogP contribution in [0.1, 0.15) is 19.3 Å². The zero-order valence-corrected chi connectivity index (χ0v) is 15.2. The smallest absolute Gasteiger partial charge is 0.244 e. The Morgan fingerprint density at radius 1 is 1.38 bits per heavy atom. The second-order valence-corrected chi connectivity index (χ2v) is 8.47. The van der Waals surface area contributed by atoms with Gasteiger partial charge in [-0.2, -0.15) is 4.31 Å². The molecule has 1 aromatic rings. The highest BCUT2D eigenvalue weighted by molar-refractivity contribution is 7.89. The van der Waals surface area contributed by atoms with E-state index in [9.17, 15) is 17.6 Å². The van der Waals surface area contributed by atoms with Crippen LogP contribution in [-0.4, -0.2) is 48.7 Å². The predicted molar refractivity (Wildman–Crippen MR) is 96.0 cm³/mol. The largest absolute Gasteiger partial charge is 0.330 e. The van der Waals surface area contributed by atoms with Crippen molar-refractivity contribution in [2.75, 3.05) is 13.1 Å². The molecule has 2 saturated heterocycles. The minimum absolute atomic E-state index is 0.125. The van der Waals surface area contributed by atoms with E-state index >= 15 is 0 Å². The molecule has 0 saturated carbocycles. The summed E-state index contributed by atoms with van der Waals surface area (Å²) in [4.78, 5) is 14.4. The Hall–Kier alpha value is -2.17. The summed E-state index contributed by atoms with van der Waals surface area (Å²) in [6.45, 7) is 4.29. The number of rotatable bonds is 4. The SMILES string of the molecule is C#CCN1C[C@H](C=C)[C@@H]2CCCC(C1=O)N2S(=O)(=O)c1cccc(F)c1. The van der Waals surface area contributed by atoms with Crippen LogP contribution in [0.3, 0.4) is 0 Å². The molecule has 5 nitrogen and oxygen atoms in total. The standard InChI is InChI=1S/C19H21FN2O3S/c1-3-11-21-13-14(4-2)17-9-6-10-18(19(21)23)22(17)26(24,25)16-8-5-7-15(20)12-16/h1,4-5,7-8,12,14,17-18H,2,6,9-11,13H2/t14-,17-,18?/m0/s1. The number of amides is 1. The maximum atomic E-state index is 13.6. The van der Waals surface area contributed by atoms with E-state index in [0.29, 0.717) is 19.4 Å². The molecule has 2 bridgehead atoms. The van der Waals surface area contributed by atoms with Crippen molar-refractivity contribution in [1.29, 1.82) is 0 Å². The number of carbonyl (C=O) groups is 1. The zero-order valence-electron chi connectivity index (χ0n) is 14.3. The van der Waals surface area contributed by atoms with E-state index in [4.69, 9.17) is 6.42 Å². The van der Waals surface area contributed by atoms with Gasteiger partial charge >= 0.3 is 0 Å². The summed E-state index contributed by atoms with van der Waals surface area (Å²) < 4.78 is 41.5. The van der Waals surface area contributed by atoms with Crippen LogP contribution in [0.4, 0.5) is 4.39 Å². The molecule has 0 radical (unpaired) electrons. The fourth-order valence-electron chi connectivity index (χ4n) is 3.90. The maximum Gasteiger partial charge on any atom is 0.244 e. The number of hydrogen-bond donors (Lipinski definition) is 0. The van der Waals surface area contributed by atoms with Crippen LogP contribution in [0.5, 0.6) is 0 Å². The van der Waals surface area contributed by atoms with Crippen molar-refractivity contribution in [3.63, 3.8) is 0 Å². The lowest BCUT2D eigenvalue weighted by Crippen LogP contribution is -2.54. The second-order valence-electron chi connectivity index (χ2n) is 6.63. The Labute approximate surface area is 153 Å². The highest BCUT2D eigenvalue weighted by atomic mass is 32.2. The molecule has 0 N–H and O–H groups in total. The van der Waals surface area contributed by atoms with Crippen LogP contribution in [-0.2, 0) is 14.8 Å². The molecule has 26 heavy (non-hydrogen) atoms. The number of hydrogen-bond acceptors (Lipinski definition) is 3. The van der Waals surface area contributed by atoms with Gasteiger partial charge in [0, 0.05) is 18.5 Å². The summed E-state index contributed by atoms with van der Waals surface area (Å²) in [5.41, 5.74) is 0. The van der Waals surface area contributed by atoms with Crippen molar-refractivity contribution in [2.45, 2.75) is 36.2 Å². The molecule has 0 spiro atoms. The number of piperidine rings is 1. The number of halogens is 1. The van der Waals surface area contributed by atoms with Gasteiger partial charge in [-0.1, -0.05) is 18.1 Å². The van der Waals surface area contributed by atoms with E-state index in [2.05, 4.69) is 12.5 Å². The van der Waals surface area contributed by atoms with Crippen LogP contribution in [0.15, 0.2) is 41.8 Å². The Bertz CT molecular complexity index is 862. The van der Waals surface area contributed by atoms with Crippen LogP contribution < -0.4 is 0 Å². The van der Waals surface area contributed by atoms with Gasteiger partial charge in [-0.05, 0) is 37.5 Å². The normalized spacial score (nSPS) is 26.8. The maximum absolute atomic E-state index is 13.6. The lowest BCUT2D eigenvalue weighted by molar-refractivity contribution is -0.134. The van der Waals surface area contributed by atoms with Crippen molar-refractivity contribution in [3.8, 4) is 12.3 Å². The first-order chi connectivity index (χ1) is 12.4. The second kappa shape index (κ2) is 7.22. The van der Waals surface area contributed by atoms with Gasteiger partial charge in [0.25, 0.3) is 0 Å². The van der Waals surface area contributed by atoms with Gasteiger partial charge in [0.05, 0.1) is 11.4 Å². The molecular weight excluding hydrogens is 355 g/mol. The first kappa shape index (κ1) is 18.6. The number of nitrogens with zero attached hydrogens (tertiary/aromatic N) is 2. The summed E-state index contributed by atoms with van der Waals surface area (Å²) in [5, 5.41) is 0. The third-order valence-electron chi connectivity index (χ3n) is 5.09. The third-order valence-corrected chi connectivity index (χ3v) is 7.02. The molecule has 2 fully saturated rings. The van der Waals surface area contributed by atoms with E-state index in [0.717, 1.165) is 12.5 Å². The van der Waals surface area contributed by atoms with E-state index < -0.39 is 27.9 Å². The molecule has 1 aromatic carbocycles. The molecule has 2 aliphatic heterocycles. The van der Waals surface area contributed by atoms with Crippen molar-refractivity contribution < 1.29 is 17.6 Å². The summed E-state index contributed by atoms with van der Waals surface area (Å²) in [7, 11) is -4.03. The Kier molecular flexibility index (Phi) is 5.17. The number of fused-ring (bicyclic) bond motifs is 2. The Morgan fingerprint density at radius 3 is 2.81 bits per heavy atom. The third kappa shape index (κ3) is 3.15. The average molecular weight is 376 g/mol. The van der Waals surface area contributed by atoms with Gasteiger partial charge in [-0.3, -0.25) is 4.79 Å². The summed E-state index contributed by atoms with van der Waals surface area (Å²) in [6.07, 6.45) is 8.86. The van der Waals surface area contributed by atoms with E-state index in [1.165, 1.54) is 27.4 Å². The fourth-order valence-corrected chi connectivity index (χ4v) is 5.80. The number of benzene rings is 1. The lowest BCUT2D eigenvalue weighted by atomic mass is 9.90. The van der Waals surface area contributed by atoms with Gasteiger partial charge < -0.3 is 4.90 Å². The van der Waals surface area contributed by atoms with Gasteiger partial charge in [0.2, 0.25) is 15.9 Å². The van der Waals surface area contributed by atoms with Gasteiger partial charge in [-0.25, -0.2) is 12.8 Å². The highest BCUT2D eigenvalue weighted by Gasteiger charge is 2.49. The molecule has 2 heterocycles. The van der Waals surface area contributed by atoms with Crippen molar-refractivity contribution in [2.24, 2.45) is 5.92 Å². The van der Waals surface area contributed by atoms with E-state index in [1.54, 1.807) is 6.08 Å². The topological polar surface area (TPSA) is 57.7 Å². The van der Waals surface area contributed by atoms with Crippen LogP contribution in [0.25, 0.3) is 0 Å². The van der Waals surface area contributed by atoms with Crippen molar-refractivity contribution in [3.05, 3.63) is 42.7 Å². The fraction of sp³-hybridized carbons (Fsp3) is 0.421. The summed E-state index contributed by atoms with van der Waals surface area (Å²) >= 11 is 0. The molecule has 138 valence electrons. The molecule has 0 aliphatic carbocycles. The minimum atomic E-state index is -4.03. The van der Waals surface area contributed by atoms with Crippen molar-refractivity contribution in [1.82, 2.24) is 9.21 Å². The van der Waals surface area contributed by atoms with Crippen LogP contribution in [0.2, 0.25) is 0 Å². The van der Waals surface area contributed by atoms with Crippen LogP contribution in [0, 0.1) is 24.1 Å². The summed E-state index contributed by atoms with van der Waals surface area (Å²) in [6, 6.07) is 3.67. The number of sulfonamides is 1. The van der Waals surface area contributed by atoms with Crippen molar-refractivity contribution >= 4 is 15.9 Å². The number of terminal acetylenes is 1. The van der Waals surface area contributed by atoms with E-state index in [-0.39, 0.29) is 23.3 Å². The first-order valence-corrected chi connectivity index (χ1v) is 9.98. The predicted octanol–water partition coefficient (Wildman–Crippen LogP) is 2.02. The average Bonchev–Trinajstić information content (AvgIpc) is 2.69. The molecule has 1 unspecified atom stereocenters. The molecule has 0 aromatic heterocycles. The molecular formula is C19H21FN2O3S. The first-order valence-electron chi connectivity index (χ1n) is 8.54. The monoisotopic (exact) mass is 376 g/mol. The van der Waals surface area contributed by atoms with Gasteiger partial charge in [0.1, 0.15) is 11.9 Å².